The van der Waals surface area contributed by atoms with E-state index in [1.807, 2.05) is 0 Å². The zero-order valence-corrected chi connectivity index (χ0v) is 20.2. The van der Waals surface area contributed by atoms with Crippen LogP contribution in [0.25, 0.3) is 11.1 Å². The molecule has 3 aromatic carbocycles. The number of carbonyl (C=O) groups is 1. The van der Waals surface area contributed by atoms with Crippen LogP contribution >= 0.6 is 11.6 Å². The van der Waals surface area contributed by atoms with Crippen molar-refractivity contribution in [2.45, 2.75) is 49.2 Å². The summed E-state index contributed by atoms with van der Waals surface area (Å²) >= 11 is 6.18. The first kappa shape index (κ1) is 24.7. The van der Waals surface area contributed by atoms with Gasteiger partial charge in [0.15, 0.2) is 6.10 Å². The van der Waals surface area contributed by atoms with Crippen LogP contribution in [-0.4, -0.2) is 26.1 Å². The van der Waals surface area contributed by atoms with E-state index in [0.717, 1.165) is 12.1 Å². The van der Waals surface area contributed by atoms with Crippen molar-refractivity contribution in [2.24, 2.45) is 0 Å². The van der Waals surface area contributed by atoms with Gasteiger partial charge in [-0.15, -0.1) is 0 Å². The van der Waals surface area contributed by atoms with Gasteiger partial charge in [0.25, 0.3) is 0 Å². The number of carbonyl (C=O) groups excluding carboxylic acids is 1. The first-order valence-electron chi connectivity index (χ1n) is 10.2. The van der Waals surface area contributed by atoms with Crippen LogP contribution in [0, 0.1) is 5.82 Å². The van der Waals surface area contributed by atoms with Crippen LogP contribution < -0.4 is 4.74 Å². The molecule has 0 saturated heterocycles. The molecule has 0 N–H and O–H groups in total. The minimum Gasteiger partial charge on any atom is -0.478 e. The predicted octanol–water partition coefficient (Wildman–Crippen LogP) is 6.09. The van der Waals surface area contributed by atoms with E-state index in [1.165, 1.54) is 24.3 Å². The third-order valence-electron chi connectivity index (χ3n) is 4.58. The predicted molar refractivity (Wildman–Crippen MR) is 125 cm³/mol. The van der Waals surface area contributed by atoms with Crippen LogP contribution in [-0.2, 0) is 19.4 Å². The molecular weight excluding hydrogens is 467 g/mol. The molecule has 0 saturated carbocycles. The van der Waals surface area contributed by atoms with E-state index in [0.29, 0.717) is 21.9 Å². The Hall–Kier alpha value is -2.90. The maximum atomic E-state index is 13.2. The molecule has 1 atom stereocenters. The van der Waals surface area contributed by atoms with Crippen molar-refractivity contribution in [2.75, 3.05) is 0 Å². The number of ether oxygens (including phenoxy) is 2. The lowest BCUT2D eigenvalue weighted by Gasteiger charge is -2.23. The molecule has 0 aliphatic heterocycles. The summed E-state index contributed by atoms with van der Waals surface area (Å²) in [4.78, 5) is 12.4. The van der Waals surface area contributed by atoms with Crippen LogP contribution in [0.4, 0.5) is 4.39 Å². The molecule has 0 bridgehead atoms. The van der Waals surface area contributed by atoms with E-state index in [9.17, 15) is 17.6 Å². The summed E-state index contributed by atoms with van der Waals surface area (Å²) < 4.78 is 50.0. The SMILES string of the molecule is C[C@H](Oc1ccc(Cl)cc1-c1ccc(S(=O)(=O)c2ccc(F)cc2)cc1)C(=O)OC(C)(C)C. The Morgan fingerprint density at radius 3 is 2.03 bits per heavy atom. The van der Waals surface area contributed by atoms with Gasteiger partial charge < -0.3 is 9.47 Å². The minimum absolute atomic E-state index is 0.00499. The van der Waals surface area contributed by atoms with Gasteiger partial charge in [0, 0.05) is 10.6 Å². The molecule has 0 aliphatic rings. The summed E-state index contributed by atoms with van der Waals surface area (Å²) in [7, 11) is -3.81. The van der Waals surface area contributed by atoms with Crippen molar-refractivity contribution >= 4 is 27.4 Å². The molecule has 33 heavy (non-hydrogen) atoms. The molecule has 0 unspecified atom stereocenters. The van der Waals surface area contributed by atoms with Gasteiger partial charge >= 0.3 is 5.97 Å². The standard InChI is InChI=1S/C25H24ClFO5S/c1-16(24(28)32-25(2,3)4)31-23-14-7-18(26)15-22(23)17-5-10-20(11-6-17)33(29,30)21-12-8-19(27)9-13-21/h5-16H,1-4H3/t16-/m0/s1. The second-order valence-corrected chi connectivity index (χ2v) is 10.8. The molecule has 0 fully saturated rings. The summed E-state index contributed by atoms with van der Waals surface area (Å²) in [6.07, 6.45) is -0.873. The Labute approximate surface area is 198 Å². The van der Waals surface area contributed by atoms with Crippen molar-refractivity contribution in [3.05, 3.63) is 77.6 Å². The van der Waals surface area contributed by atoms with Crippen LogP contribution in [0.5, 0.6) is 5.75 Å². The Morgan fingerprint density at radius 2 is 1.48 bits per heavy atom. The Balaban J connectivity index is 1.90. The van der Waals surface area contributed by atoms with Gasteiger partial charge in [0.2, 0.25) is 9.84 Å². The second-order valence-electron chi connectivity index (χ2n) is 8.42. The van der Waals surface area contributed by atoms with Crippen LogP contribution in [0.3, 0.4) is 0 Å². The molecule has 5 nitrogen and oxygen atoms in total. The molecular formula is C25H24ClFO5S. The fraction of sp³-hybridized carbons (Fsp3) is 0.240. The molecule has 0 radical (unpaired) electrons. The Bertz CT molecular complexity index is 1250. The highest BCUT2D eigenvalue weighted by Gasteiger charge is 2.24. The van der Waals surface area contributed by atoms with E-state index in [2.05, 4.69) is 0 Å². The molecule has 0 heterocycles. The number of hydrogen-bond acceptors (Lipinski definition) is 5. The molecule has 3 rings (SSSR count). The van der Waals surface area contributed by atoms with Crippen molar-refractivity contribution < 1.29 is 27.1 Å². The zero-order chi connectivity index (χ0) is 24.4. The quantitative estimate of drug-likeness (QED) is 0.309. The highest BCUT2D eigenvalue weighted by atomic mass is 35.5. The van der Waals surface area contributed by atoms with E-state index in [-0.39, 0.29) is 9.79 Å². The lowest BCUT2D eigenvalue weighted by molar-refractivity contribution is -0.162. The summed E-state index contributed by atoms with van der Waals surface area (Å²) in [5.41, 5.74) is 0.578. The monoisotopic (exact) mass is 490 g/mol. The first-order chi connectivity index (χ1) is 15.4. The topological polar surface area (TPSA) is 69.7 Å². The second kappa shape index (κ2) is 9.53. The summed E-state index contributed by atoms with van der Waals surface area (Å²) in [5, 5.41) is 0.449. The first-order valence-corrected chi connectivity index (χ1v) is 12.0. The summed E-state index contributed by atoms with van der Waals surface area (Å²) in [6.45, 7) is 6.90. The number of halogens is 2. The molecule has 0 amide bonds. The van der Waals surface area contributed by atoms with Gasteiger partial charge in [-0.1, -0.05) is 23.7 Å². The van der Waals surface area contributed by atoms with Gasteiger partial charge in [-0.25, -0.2) is 17.6 Å². The highest BCUT2D eigenvalue weighted by Crippen LogP contribution is 2.34. The molecule has 0 spiro atoms. The van der Waals surface area contributed by atoms with Gasteiger partial charge in [0.05, 0.1) is 9.79 Å². The van der Waals surface area contributed by atoms with Gasteiger partial charge in [-0.05, 0) is 87.9 Å². The van der Waals surface area contributed by atoms with E-state index in [4.69, 9.17) is 21.1 Å². The van der Waals surface area contributed by atoms with E-state index < -0.39 is 33.3 Å². The lowest BCUT2D eigenvalue weighted by atomic mass is 10.0. The maximum Gasteiger partial charge on any atom is 0.347 e. The third kappa shape index (κ3) is 6.12. The average Bonchev–Trinajstić information content (AvgIpc) is 2.74. The third-order valence-corrected chi connectivity index (χ3v) is 6.60. The molecule has 0 aliphatic carbocycles. The Kier molecular flexibility index (Phi) is 7.14. The maximum absolute atomic E-state index is 13.2. The average molecular weight is 491 g/mol. The number of esters is 1. The van der Waals surface area contributed by atoms with Crippen LogP contribution in [0.1, 0.15) is 27.7 Å². The molecule has 174 valence electrons. The molecule has 8 heteroatoms. The number of hydrogen-bond donors (Lipinski definition) is 0. The van der Waals surface area contributed by atoms with Crippen molar-refractivity contribution in [1.82, 2.24) is 0 Å². The van der Waals surface area contributed by atoms with Crippen molar-refractivity contribution in [3.8, 4) is 16.9 Å². The van der Waals surface area contributed by atoms with Gasteiger partial charge in [-0.2, -0.15) is 0 Å². The fourth-order valence-electron chi connectivity index (χ4n) is 3.02. The smallest absolute Gasteiger partial charge is 0.347 e. The number of benzene rings is 3. The van der Waals surface area contributed by atoms with Gasteiger partial charge in [-0.3, -0.25) is 0 Å². The van der Waals surface area contributed by atoms with Gasteiger partial charge in [0.1, 0.15) is 17.2 Å². The van der Waals surface area contributed by atoms with Crippen LogP contribution in [0.2, 0.25) is 5.02 Å². The minimum atomic E-state index is -3.81. The summed E-state index contributed by atoms with van der Waals surface area (Å²) in [5.74, 6) is -0.630. The lowest BCUT2D eigenvalue weighted by Crippen LogP contribution is -2.33. The zero-order valence-electron chi connectivity index (χ0n) is 18.6. The molecule has 0 aromatic heterocycles. The fourth-order valence-corrected chi connectivity index (χ4v) is 4.45. The largest absolute Gasteiger partial charge is 0.478 e. The normalized spacial score (nSPS) is 12.8. The number of rotatable bonds is 6. The van der Waals surface area contributed by atoms with E-state index in [1.54, 1.807) is 58.0 Å². The van der Waals surface area contributed by atoms with Crippen LogP contribution in [0.15, 0.2) is 76.5 Å². The Morgan fingerprint density at radius 1 is 0.939 bits per heavy atom. The van der Waals surface area contributed by atoms with Crippen molar-refractivity contribution in [1.29, 1.82) is 0 Å². The van der Waals surface area contributed by atoms with Crippen molar-refractivity contribution in [3.63, 3.8) is 0 Å². The number of sulfone groups is 1. The van der Waals surface area contributed by atoms with E-state index >= 15 is 0 Å². The summed E-state index contributed by atoms with van der Waals surface area (Å²) in [6, 6.07) is 15.7. The highest BCUT2D eigenvalue weighted by molar-refractivity contribution is 7.91. The molecule has 3 aromatic rings.